The lowest BCUT2D eigenvalue weighted by Crippen LogP contribution is -2.47. The summed E-state index contributed by atoms with van der Waals surface area (Å²) in [4.78, 5) is 2.27. The highest BCUT2D eigenvalue weighted by molar-refractivity contribution is 7.77. The summed E-state index contributed by atoms with van der Waals surface area (Å²) in [6.45, 7) is 3.34. The first-order chi connectivity index (χ1) is 5.24. The van der Waals surface area contributed by atoms with E-state index < -0.39 is 0 Å². The van der Waals surface area contributed by atoms with E-state index in [9.17, 15) is 0 Å². The topological polar surface area (TPSA) is 26.7 Å². The molecule has 0 aliphatic carbocycles. The predicted octanol–water partition coefficient (Wildman–Crippen LogP) is -0.170. The molecule has 0 saturated carbocycles. The zero-order valence-electron chi connectivity index (χ0n) is 6.90. The van der Waals surface area contributed by atoms with Crippen LogP contribution in [0.3, 0.4) is 0 Å². The Kier molecular flexibility index (Phi) is 3.65. The van der Waals surface area contributed by atoms with Crippen LogP contribution in [-0.4, -0.2) is 53.6 Å². The van der Waals surface area contributed by atoms with Crippen molar-refractivity contribution in [1.29, 1.82) is 0 Å². The number of nitrogens with zero attached hydrogens (tertiary/aromatic N) is 2. The molecule has 1 aliphatic rings. The molecule has 1 saturated heterocycles. The molecule has 0 bridgehead atoms. The summed E-state index contributed by atoms with van der Waals surface area (Å²) in [5.41, 5.74) is 0. The van der Waals surface area contributed by atoms with E-state index in [0.29, 0.717) is 6.04 Å². The third-order valence-electron chi connectivity index (χ3n) is 2.12. The lowest BCUT2D eigenvalue weighted by molar-refractivity contribution is 0.144. The lowest BCUT2D eigenvalue weighted by atomic mass is 10.1. The van der Waals surface area contributed by atoms with Gasteiger partial charge in [0.1, 0.15) is 0 Å². The van der Waals surface area contributed by atoms with Crippen molar-refractivity contribution in [3.63, 3.8) is 0 Å². The second-order valence-corrected chi connectivity index (χ2v) is 3.61. The van der Waals surface area contributed by atoms with Gasteiger partial charge in [-0.3, -0.25) is 0 Å². The number of rotatable bonds is 2. The maximum absolute atomic E-state index is 8.74. The quantitative estimate of drug-likeness (QED) is 0.572. The van der Waals surface area contributed by atoms with E-state index in [-0.39, 0.29) is 6.61 Å². The number of aliphatic hydroxyl groups is 1. The van der Waals surface area contributed by atoms with Gasteiger partial charge in [0, 0.05) is 32.3 Å². The van der Waals surface area contributed by atoms with Crippen molar-refractivity contribution >= 4 is 12.8 Å². The number of hydrogen-bond acceptors (Lipinski definition) is 4. The Labute approximate surface area is 73.5 Å². The summed E-state index contributed by atoms with van der Waals surface area (Å²) in [5.74, 6) is 0. The third-order valence-corrected chi connectivity index (χ3v) is 2.64. The van der Waals surface area contributed by atoms with Gasteiger partial charge in [0.15, 0.2) is 0 Å². The molecule has 0 aromatic heterocycles. The molecular formula is C7H16N2OS. The first-order valence-corrected chi connectivity index (χ1v) is 4.39. The number of piperazine rings is 1. The van der Waals surface area contributed by atoms with Crippen LogP contribution in [0.1, 0.15) is 6.42 Å². The van der Waals surface area contributed by atoms with Crippen molar-refractivity contribution in [1.82, 2.24) is 9.21 Å². The van der Waals surface area contributed by atoms with Crippen LogP contribution in [0, 0.1) is 0 Å². The minimum absolute atomic E-state index is 0.259. The monoisotopic (exact) mass is 176 g/mol. The summed E-state index contributed by atoms with van der Waals surface area (Å²) in [5, 5.41) is 8.74. The van der Waals surface area contributed by atoms with Crippen LogP contribution in [0.2, 0.25) is 0 Å². The van der Waals surface area contributed by atoms with E-state index >= 15 is 0 Å². The molecule has 1 aliphatic heterocycles. The van der Waals surface area contributed by atoms with Gasteiger partial charge in [0.25, 0.3) is 0 Å². The summed E-state index contributed by atoms with van der Waals surface area (Å²) in [6, 6.07) is 0.419. The summed E-state index contributed by atoms with van der Waals surface area (Å²) >= 11 is 4.33. The number of thiol groups is 1. The van der Waals surface area contributed by atoms with Crippen molar-refractivity contribution < 1.29 is 5.11 Å². The predicted molar refractivity (Wildman–Crippen MR) is 48.7 cm³/mol. The lowest BCUT2D eigenvalue weighted by Gasteiger charge is -2.36. The van der Waals surface area contributed by atoms with Crippen LogP contribution in [0.15, 0.2) is 0 Å². The fraction of sp³-hybridized carbons (Fsp3) is 1.00. The zero-order valence-corrected chi connectivity index (χ0v) is 7.80. The Hall–Kier alpha value is 0.230. The van der Waals surface area contributed by atoms with Crippen molar-refractivity contribution in [2.45, 2.75) is 12.5 Å². The molecule has 1 unspecified atom stereocenters. The zero-order chi connectivity index (χ0) is 8.27. The first-order valence-electron chi connectivity index (χ1n) is 3.99. The van der Waals surface area contributed by atoms with Crippen LogP contribution >= 0.6 is 12.8 Å². The Morgan fingerprint density at radius 2 is 2.27 bits per heavy atom. The van der Waals surface area contributed by atoms with Crippen molar-refractivity contribution in [3.8, 4) is 0 Å². The minimum Gasteiger partial charge on any atom is -0.396 e. The smallest absolute Gasteiger partial charge is 0.0446 e. The minimum atomic E-state index is 0.259. The van der Waals surface area contributed by atoms with Crippen molar-refractivity contribution in [2.24, 2.45) is 0 Å². The average molecular weight is 176 g/mol. The van der Waals surface area contributed by atoms with E-state index in [1.807, 2.05) is 4.31 Å². The second kappa shape index (κ2) is 4.30. The fourth-order valence-electron chi connectivity index (χ4n) is 1.39. The summed E-state index contributed by atoms with van der Waals surface area (Å²) in [7, 11) is 2.10. The first kappa shape index (κ1) is 9.32. The molecule has 1 atom stereocenters. The van der Waals surface area contributed by atoms with Gasteiger partial charge in [0.05, 0.1) is 0 Å². The molecular weight excluding hydrogens is 160 g/mol. The highest BCUT2D eigenvalue weighted by Crippen LogP contribution is 2.12. The average Bonchev–Trinajstić information content (AvgIpc) is 1.98. The SMILES string of the molecule is CN1CCN(S)C(CCO)C1. The van der Waals surface area contributed by atoms with Gasteiger partial charge in [0.2, 0.25) is 0 Å². The van der Waals surface area contributed by atoms with Gasteiger partial charge in [-0.15, -0.1) is 0 Å². The normalized spacial score (nSPS) is 29.2. The van der Waals surface area contributed by atoms with E-state index in [1.54, 1.807) is 0 Å². The molecule has 1 N–H and O–H groups in total. The molecule has 0 spiro atoms. The molecule has 1 fully saturated rings. The maximum atomic E-state index is 8.74. The van der Waals surface area contributed by atoms with Crippen LogP contribution in [0.5, 0.6) is 0 Å². The number of likely N-dealkylation sites (N-methyl/N-ethyl adjacent to an activating group) is 1. The molecule has 66 valence electrons. The molecule has 11 heavy (non-hydrogen) atoms. The van der Waals surface area contributed by atoms with Crippen LogP contribution < -0.4 is 0 Å². The molecule has 1 rings (SSSR count). The second-order valence-electron chi connectivity index (χ2n) is 3.09. The molecule has 0 radical (unpaired) electrons. The van der Waals surface area contributed by atoms with Crippen LogP contribution in [-0.2, 0) is 0 Å². The molecule has 1 heterocycles. The molecule has 0 aromatic rings. The molecule has 0 amide bonds. The van der Waals surface area contributed by atoms with Gasteiger partial charge in [-0.1, -0.05) is 12.8 Å². The Balaban J connectivity index is 2.34. The van der Waals surface area contributed by atoms with Crippen molar-refractivity contribution in [3.05, 3.63) is 0 Å². The van der Waals surface area contributed by atoms with E-state index in [0.717, 1.165) is 26.1 Å². The summed E-state index contributed by atoms with van der Waals surface area (Å²) < 4.78 is 2.02. The van der Waals surface area contributed by atoms with Crippen molar-refractivity contribution in [2.75, 3.05) is 33.3 Å². The fourth-order valence-corrected chi connectivity index (χ4v) is 1.67. The number of hydrogen-bond donors (Lipinski definition) is 2. The Morgan fingerprint density at radius 3 is 2.91 bits per heavy atom. The Bertz CT molecular complexity index is 123. The van der Waals surface area contributed by atoms with Crippen LogP contribution in [0.25, 0.3) is 0 Å². The maximum Gasteiger partial charge on any atom is 0.0446 e. The molecule has 4 heteroatoms. The van der Waals surface area contributed by atoms with E-state index in [4.69, 9.17) is 5.11 Å². The van der Waals surface area contributed by atoms with Gasteiger partial charge < -0.3 is 10.0 Å². The summed E-state index contributed by atoms with van der Waals surface area (Å²) in [6.07, 6.45) is 0.827. The standard InChI is InChI=1S/C7H16N2OS/c1-8-3-4-9(11)7(6-8)2-5-10/h7,10-11H,2-6H2,1H3. The van der Waals surface area contributed by atoms with Gasteiger partial charge in [-0.2, -0.15) is 0 Å². The van der Waals surface area contributed by atoms with E-state index in [2.05, 4.69) is 24.8 Å². The third kappa shape index (κ3) is 2.63. The molecule has 3 nitrogen and oxygen atoms in total. The van der Waals surface area contributed by atoms with E-state index in [1.165, 1.54) is 0 Å². The highest BCUT2D eigenvalue weighted by atomic mass is 32.1. The Morgan fingerprint density at radius 1 is 1.55 bits per heavy atom. The van der Waals surface area contributed by atoms with Gasteiger partial charge in [-0.25, -0.2) is 4.31 Å². The number of aliphatic hydroxyl groups excluding tert-OH is 1. The van der Waals surface area contributed by atoms with Gasteiger partial charge in [-0.05, 0) is 13.5 Å². The van der Waals surface area contributed by atoms with Crippen LogP contribution in [0.4, 0.5) is 0 Å². The molecule has 0 aromatic carbocycles. The van der Waals surface area contributed by atoms with Gasteiger partial charge >= 0.3 is 0 Å². The highest BCUT2D eigenvalue weighted by Gasteiger charge is 2.21. The largest absolute Gasteiger partial charge is 0.396 e.